The standard InChI is InChI=1S/C20H35NO16/c1-5(25)21-9-12(28)16(8(4-24)33-18(9)32)36-20-15(31)17(11(27)7(3-23)35-20)37-19-14(30)13(29)10(26)6(2-22)34-19/h6-20,22-24,26-32H,2-4H2,1H3,(H,21,25)/t6-,7-,8-,9-,10+,11+,12-,13+,14-,15-,16-,17+,18+,19+,20+/m1/s1. The second kappa shape index (κ2) is 12.8. The van der Waals surface area contributed by atoms with Crippen LogP contribution in [0.1, 0.15) is 6.92 Å². The lowest BCUT2D eigenvalue weighted by Crippen LogP contribution is -2.68. The summed E-state index contributed by atoms with van der Waals surface area (Å²) < 4.78 is 26.9. The monoisotopic (exact) mass is 545 g/mol. The maximum Gasteiger partial charge on any atom is 0.217 e. The molecule has 0 saturated carbocycles. The number of aliphatic hydroxyl groups is 10. The Kier molecular flexibility index (Phi) is 10.5. The van der Waals surface area contributed by atoms with Crippen LogP contribution in [0.15, 0.2) is 0 Å². The van der Waals surface area contributed by atoms with Crippen LogP contribution in [0.5, 0.6) is 0 Å². The van der Waals surface area contributed by atoms with Crippen LogP contribution in [0.4, 0.5) is 0 Å². The molecule has 37 heavy (non-hydrogen) atoms. The first kappa shape index (κ1) is 30.4. The number of carbonyl (C=O) groups excluding carboxylic acids is 1. The minimum Gasteiger partial charge on any atom is -0.394 e. The lowest BCUT2D eigenvalue weighted by molar-refractivity contribution is -0.375. The minimum atomic E-state index is -1.91. The summed E-state index contributed by atoms with van der Waals surface area (Å²) in [5, 5.41) is 103. The molecular formula is C20H35NO16. The van der Waals surface area contributed by atoms with Crippen LogP contribution in [0.3, 0.4) is 0 Å². The van der Waals surface area contributed by atoms with Gasteiger partial charge in [-0.3, -0.25) is 4.79 Å². The maximum atomic E-state index is 11.5. The van der Waals surface area contributed by atoms with Crippen LogP contribution in [0.2, 0.25) is 0 Å². The highest BCUT2D eigenvalue weighted by Crippen LogP contribution is 2.32. The molecule has 0 aromatic rings. The maximum absolute atomic E-state index is 11.5. The highest BCUT2D eigenvalue weighted by molar-refractivity contribution is 5.73. The van der Waals surface area contributed by atoms with Gasteiger partial charge in [0.25, 0.3) is 0 Å². The zero-order valence-corrected chi connectivity index (χ0v) is 19.7. The molecular weight excluding hydrogens is 510 g/mol. The molecule has 3 fully saturated rings. The van der Waals surface area contributed by atoms with E-state index < -0.39 is 118 Å². The van der Waals surface area contributed by atoms with Crippen molar-refractivity contribution >= 4 is 5.91 Å². The van der Waals surface area contributed by atoms with Gasteiger partial charge in [0.1, 0.15) is 73.2 Å². The molecule has 0 aliphatic carbocycles. The fraction of sp³-hybridized carbons (Fsp3) is 0.950. The zero-order chi connectivity index (χ0) is 27.6. The molecule has 3 saturated heterocycles. The van der Waals surface area contributed by atoms with E-state index in [1.807, 2.05) is 0 Å². The second-order valence-corrected chi connectivity index (χ2v) is 9.07. The third-order valence-corrected chi connectivity index (χ3v) is 6.50. The Hall–Kier alpha value is -1.13. The van der Waals surface area contributed by atoms with E-state index in [0.29, 0.717) is 0 Å². The molecule has 3 rings (SSSR count). The van der Waals surface area contributed by atoms with Crippen LogP contribution in [-0.4, -0.2) is 169 Å². The average Bonchev–Trinajstić information content (AvgIpc) is 2.86. The third-order valence-electron chi connectivity index (χ3n) is 6.50. The molecule has 11 N–H and O–H groups in total. The smallest absolute Gasteiger partial charge is 0.217 e. The minimum absolute atomic E-state index is 0.627. The Bertz CT molecular complexity index is 745. The van der Waals surface area contributed by atoms with E-state index in [9.17, 15) is 55.9 Å². The Morgan fingerprint density at radius 2 is 1.16 bits per heavy atom. The van der Waals surface area contributed by atoms with Gasteiger partial charge in [0.15, 0.2) is 18.9 Å². The van der Waals surface area contributed by atoms with Crippen LogP contribution in [-0.2, 0) is 28.5 Å². The molecule has 3 aliphatic heterocycles. The molecule has 216 valence electrons. The average molecular weight is 545 g/mol. The van der Waals surface area contributed by atoms with Gasteiger partial charge in [-0.15, -0.1) is 0 Å². The fourth-order valence-electron chi connectivity index (χ4n) is 4.46. The summed E-state index contributed by atoms with van der Waals surface area (Å²) in [6, 6.07) is -1.40. The zero-order valence-electron chi connectivity index (χ0n) is 19.7. The molecule has 0 bridgehead atoms. The largest absolute Gasteiger partial charge is 0.394 e. The van der Waals surface area contributed by atoms with Gasteiger partial charge in [-0.25, -0.2) is 0 Å². The molecule has 0 radical (unpaired) electrons. The number of aliphatic hydroxyl groups excluding tert-OH is 10. The number of hydrogen-bond acceptors (Lipinski definition) is 16. The van der Waals surface area contributed by atoms with E-state index in [1.54, 1.807) is 0 Å². The van der Waals surface area contributed by atoms with Crippen LogP contribution in [0, 0.1) is 0 Å². The molecule has 0 aromatic carbocycles. The first-order chi connectivity index (χ1) is 17.4. The number of hydrogen-bond donors (Lipinski definition) is 11. The summed E-state index contributed by atoms with van der Waals surface area (Å²) in [5.74, 6) is -0.627. The van der Waals surface area contributed by atoms with E-state index >= 15 is 0 Å². The van der Waals surface area contributed by atoms with Crippen molar-refractivity contribution in [1.29, 1.82) is 0 Å². The van der Waals surface area contributed by atoms with Gasteiger partial charge < -0.3 is 80.1 Å². The SMILES string of the molecule is CC(=O)N[C@@H]1[C@@H](O)[C@H](O[C@@H]2O[C@H](CO)[C@H](O)[C@H](O[C@@H]3O[C@H](CO)[C@H](O)[C@H](O)[C@H]3O)[C@H]2O)[C@@H](CO)O[C@@H]1O. The Morgan fingerprint density at radius 3 is 1.70 bits per heavy atom. The van der Waals surface area contributed by atoms with Crippen LogP contribution < -0.4 is 5.32 Å². The van der Waals surface area contributed by atoms with Gasteiger partial charge >= 0.3 is 0 Å². The van der Waals surface area contributed by atoms with Crippen molar-refractivity contribution < 1.29 is 79.5 Å². The van der Waals surface area contributed by atoms with Gasteiger partial charge in [-0.1, -0.05) is 0 Å². The summed E-state index contributed by atoms with van der Waals surface area (Å²) in [6.45, 7) is -1.23. The van der Waals surface area contributed by atoms with Gasteiger partial charge in [0.05, 0.1) is 19.8 Å². The summed E-state index contributed by atoms with van der Waals surface area (Å²) in [6.07, 6.45) is -23.4. The van der Waals surface area contributed by atoms with Crippen LogP contribution in [0.25, 0.3) is 0 Å². The number of carbonyl (C=O) groups is 1. The van der Waals surface area contributed by atoms with E-state index in [-0.39, 0.29) is 0 Å². The molecule has 15 atom stereocenters. The molecule has 0 unspecified atom stereocenters. The quantitative estimate of drug-likeness (QED) is 0.135. The Balaban J connectivity index is 1.80. The van der Waals surface area contributed by atoms with Gasteiger partial charge in [0, 0.05) is 6.92 Å². The van der Waals surface area contributed by atoms with E-state index in [2.05, 4.69) is 5.32 Å². The molecule has 17 nitrogen and oxygen atoms in total. The first-order valence-electron chi connectivity index (χ1n) is 11.6. The predicted octanol–water partition coefficient (Wildman–Crippen LogP) is -7.43. The van der Waals surface area contributed by atoms with Crippen molar-refractivity contribution in [3.05, 3.63) is 0 Å². The topological polar surface area (TPSA) is 278 Å². The molecule has 1 amide bonds. The van der Waals surface area contributed by atoms with Crippen molar-refractivity contribution in [2.24, 2.45) is 0 Å². The Labute approximate surface area is 210 Å². The van der Waals surface area contributed by atoms with E-state index in [0.717, 1.165) is 6.92 Å². The molecule has 3 aliphatic rings. The normalized spacial score (nSPS) is 49.0. The van der Waals surface area contributed by atoms with Gasteiger partial charge in [-0.2, -0.15) is 0 Å². The number of nitrogens with one attached hydrogen (secondary N) is 1. The summed E-state index contributed by atoms with van der Waals surface area (Å²) >= 11 is 0. The van der Waals surface area contributed by atoms with Crippen molar-refractivity contribution in [1.82, 2.24) is 5.32 Å². The fourth-order valence-corrected chi connectivity index (χ4v) is 4.46. The highest BCUT2D eigenvalue weighted by atomic mass is 16.7. The van der Waals surface area contributed by atoms with Crippen molar-refractivity contribution in [2.75, 3.05) is 19.8 Å². The number of amides is 1. The van der Waals surface area contributed by atoms with E-state index in [1.165, 1.54) is 0 Å². The highest BCUT2D eigenvalue weighted by Gasteiger charge is 2.53. The molecule has 0 aromatic heterocycles. The van der Waals surface area contributed by atoms with Crippen molar-refractivity contribution in [2.45, 2.75) is 99.0 Å². The summed E-state index contributed by atoms with van der Waals surface area (Å²) in [5.41, 5.74) is 0. The van der Waals surface area contributed by atoms with Crippen molar-refractivity contribution in [3.63, 3.8) is 0 Å². The number of ether oxygens (including phenoxy) is 5. The third kappa shape index (κ3) is 6.38. The van der Waals surface area contributed by atoms with Crippen LogP contribution >= 0.6 is 0 Å². The second-order valence-electron chi connectivity index (χ2n) is 9.07. The van der Waals surface area contributed by atoms with Gasteiger partial charge in [-0.05, 0) is 0 Å². The Morgan fingerprint density at radius 1 is 0.649 bits per heavy atom. The van der Waals surface area contributed by atoms with E-state index in [4.69, 9.17) is 23.7 Å². The predicted molar refractivity (Wildman–Crippen MR) is 113 cm³/mol. The molecule has 17 heteroatoms. The van der Waals surface area contributed by atoms with Gasteiger partial charge in [0.2, 0.25) is 5.91 Å². The first-order valence-corrected chi connectivity index (χ1v) is 11.6. The summed E-state index contributed by atoms with van der Waals surface area (Å²) in [7, 11) is 0. The molecule has 0 spiro atoms. The lowest BCUT2D eigenvalue weighted by atomic mass is 9.95. The lowest BCUT2D eigenvalue weighted by Gasteiger charge is -2.48. The molecule has 3 heterocycles. The summed E-state index contributed by atoms with van der Waals surface area (Å²) in [4.78, 5) is 11.5. The number of rotatable bonds is 8. The van der Waals surface area contributed by atoms with Crippen molar-refractivity contribution in [3.8, 4) is 0 Å².